The van der Waals surface area contributed by atoms with Crippen LogP contribution in [0.15, 0.2) is 53.1 Å². The molecule has 3 heteroatoms. The van der Waals surface area contributed by atoms with Gasteiger partial charge in [-0.1, -0.05) is 65.3 Å². The molecular formula is C21H24ClFO. The van der Waals surface area contributed by atoms with Gasteiger partial charge in [-0.15, -0.1) is 0 Å². The van der Waals surface area contributed by atoms with Crippen LogP contribution in [0.25, 0.3) is 5.03 Å². The van der Waals surface area contributed by atoms with E-state index < -0.39 is 0 Å². The van der Waals surface area contributed by atoms with Crippen LogP contribution in [0.4, 0.5) is 4.39 Å². The lowest BCUT2D eigenvalue weighted by molar-refractivity contribution is -0.114. The molecule has 1 aliphatic rings. The van der Waals surface area contributed by atoms with Gasteiger partial charge in [0.1, 0.15) is 5.82 Å². The zero-order valence-corrected chi connectivity index (χ0v) is 15.9. The van der Waals surface area contributed by atoms with E-state index in [9.17, 15) is 9.18 Å². The summed E-state index contributed by atoms with van der Waals surface area (Å²) in [7, 11) is 0. The number of hydrogen-bond acceptors (Lipinski definition) is 1. The molecule has 0 radical (unpaired) electrons. The first-order chi connectivity index (χ1) is 10.9. The number of ketones is 1. The fraction of sp³-hybridized carbons (Fsp3) is 0.381. The van der Waals surface area contributed by atoms with Crippen molar-refractivity contribution < 1.29 is 9.18 Å². The van der Waals surface area contributed by atoms with Crippen LogP contribution in [-0.2, 0) is 4.79 Å². The third-order valence-electron chi connectivity index (χ3n) is 4.06. The van der Waals surface area contributed by atoms with Crippen LogP contribution in [-0.4, -0.2) is 5.78 Å². The molecule has 0 amide bonds. The molecule has 1 aromatic rings. The largest absolute Gasteiger partial charge is 0.289 e. The molecule has 0 saturated heterocycles. The van der Waals surface area contributed by atoms with Gasteiger partial charge in [0.15, 0.2) is 5.78 Å². The number of carbonyl (C=O) groups is 1. The number of hydrogen-bond donors (Lipinski definition) is 0. The van der Waals surface area contributed by atoms with Crippen molar-refractivity contribution in [2.45, 2.75) is 41.5 Å². The molecule has 24 heavy (non-hydrogen) atoms. The van der Waals surface area contributed by atoms with Crippen LogP contribution < -0.4 is 0 Å². The number of rotatable bonds is 1. The maximum atomic E-state index is 13.2. The third-order valence-corrected chi connectivity index (χ3v) is 4.49. The van der Waals surface area contributed by atoms with Gasteiger partial charge >= 0.3 is 0 Å². The normalized spacial score (nSPS) is 16.0. The second kappa shape index (κ2) is 6.33. The molecule has 0 aromatic heterocycles. The molecule has 0 bridgehead atoms. The van der Waals surface area contributed by atoms with Gasteiger partial charge < -0.3 is 0 Å². The van der Waals surface area contributed by atoms with Crippen LogP contribution in [0.1, 0.15) is 47.1 Å². The Morgan fingerprint density at radius 1 is 0.875 bits per heavy atom. The maximum Gasteiger partial charge on any atom is 0.186 e. The van der Waals surface area contributed by atoms with Crippen LogP contribution >= 0.6 is 11.6 Å². The minimum absolute atomic E-state index is 0.0716. The summed E-state index contributed by atoms with van der Waals surface area (Å²) in [4.78, 5) is 12.9. The van der Waals surface area contributed by atoms with E-state index in [1.54, 1.807) is 12.1 Å². The van der Waals surface area contributed by atoms with Crippen molar-refractivity contribution in [3.05, 3.63) is 64.5 Å². The van der Waals surface area contributed by atoms with E-state index in [1.165, 1.54) is 12.1 Å². The highest BCUT2D eigenvalue weighted by atomic mass is 35.5. The molecule has 0 N–H and O–H groups in total. The maximum absolute atomic E-state index is 13.2. The summed E-state index contributed by atoms with van der Waals surface area (Å²) in [6, 6.07) is 6.07. The predicted octanol–water partition coefficient (Wildman–Crippen LogP) is 6.30. The van der Waals surface area contributed by atoms with Crippen molar-refractivity contribution in [2.24, 2.45) is 10.8 Å². The van der Waals surface area contributed by atoms with Gasteiger partial charge in [0.25, 0.3) is 0 Å². The van der Waals surface area contributed by atoms with E-state index in [1.807, 2.05) is 53.7 Å². The first-order valence-corrected chi connectivity index (χ1v) is 8.44. The van der Waals surface area contributed by atoms with Crippen LogP contribution in [0.3, 0.4) is 0 Å². The van der Waals surface area contributed by atoms with Crippen molar-refractivity contribution in [3.63, 3.8) is 0 Å². The van der Waals surface area contributed by atoms with Gasteiger partial charge in [-0.2, -0.15) is 0 Å². The first kappa shape index (κ1) is 18.7. The summed E-state index contributed by atoms with van der Waals surface area (Å²) in [5.41, 5.74) is 2.43. The lowest BCUT2D eigenvalue weighted by atomic mass is 9.72. The zero-order valence-electron chi connectivity index (χ0n) is 15.1. The highest BCUT2D eigenvalue weighted by Gasteiger charge is 2.34. The Morgan fingerprint density at radius 2 is 1.29 bits per heavy atom. The molecule has 0 aliphatic heterocycles. The average molecular weight is 347 g/mol. The zero-order chi connectivity index (χ0) is 18.3. The standard InChI is InChI=1S/C21H24ClFO/c1-20(2,3)16-11-14(12-17(19(16)24)21(4,5)6)18(22)13-7-9-15(23)10-8-13/h7-12H,1-6H3. The Kier molecular flexibility index (Phi) is 4.92. The van der Waals surface area contributed by atoms with Crippen molar-refractivity contribution in [1.29, 1.82) is 0 Å². The minimum atomic E-state index is -0.302. The molecule has 1 aromatic carbocycles. The summed E-state index contributed by atoms with van der Waals surface area (Å²) in [6.07, 6.45) is 3.73. The lowest BCUT2D eigenvalue weighted by Gasteiger charge is -2.31. The smallest absolute Gasteiger partial charge is 0.186 e. The lowest BCUT2D eigenvalue weighted by Crippen LogP contribution is -2.28. The van der Waals surface area contributed by atoms with Crippen molar-refractivity contribution in [1.82, 2.24) is 0 Å². The first-order valence-electron chi connectivity index (χ1n) is 8.06. The van der Waals surface area contributed by atoms with Crippen molar-refractivity contribution in [3.8, 4) is 0 Å². The molecule has 0 fully saturated rings. The van der Waals surface area contributed by atoms with E-state index in [0.29, 0.717) is 5.03 Å². The van der Waals surface area contributed by atoms with Gasteiger partial charge in [-0.3, -0.25) is 4.79 Å². The number of allylic oxidation sites excluding steroid dienone is 5. The molecule has 0 atom stereocenters. The molecule has 0 unspecified atom stereocenters. The highest BCUT2D eigenvalue weighted by molar-refractivity contribution is 6.49. The van der Waals surface area contributed by atoms with Crippen LogP contribution in [0.2, 0.25) is 0 Å². The minimum Gasteiger partial charge on any atom is -0.289 e. The fourth-order valence-corrected chi connectivity index (χ4v) is 2.87. The summed E-state index contributed by atoms with van der Waals surface area (Å²) in [5, 5.41) is 0.519. The van der Waals surface area contributed by atoms with Gasteiger partial charge in [0.05, 0.1) is 5.03 Å². The molecule has 2 rings (SSSR count). The number of Topliss-reactive ketones (excluding diaryl/α,β-unsaturated/α-hetero) is 1. The summed E-state index contributed by atoms with van der Waals surface area (Å²) < 4.78 is 13.2. The molecular weight excluding hydrogens is 323 g/mol. The topological polar surface area (TPSA) is 17.1 Å². The van der Waals surface area contributed by atoms with E-state index in [4.69, 9.17) is 11.6 Å². The van der Waals surface area contributed by atoms with Gasteiger partial charge in [-0.05, 0) is 46.3 Å². The van der Waals surface area contributed by atoms with E-state index in [2.05, 4.69) is 0 Å². The Balaban J connectivity index is 2.67. The Morgan fingerprint density at radius 3 is 1.67 bits per heavy atom. The Hall–Kier alpha value is -1.67. The quantitative estimate of drug-likeness (QED) is 0.582. The fourth-order valence-electron chi connectivity index (χ4n) is 2.63. The van der Waals surface area contributed by atoms with Gasteiger partial charge in [0.2, 0.25) is 0 Å². The van der Waals surface area contributed by atoms with Crippen molar-refractivity contribution >= 4 is 22.4 Å². The molecule has 128 valence electrons. The Labute approximate surface area is 148 Å². The van der Waals surface area contributed by atoms with Crippen molar-refractivity contribution in [2.75, 3.05) is 0 Å². The molecule has 0 saturated carbocycles. The van der Waals surface area contributed by atoms with E-state index >= 15 is 0 Å². The van der Waals surface area contributed by atoms with Crippen LogP contribution in [0, 0.1) is 16.6 Å². The molecule has 0 heterocycles. The third kappa shape index (κ3) is 3.87. The molecule has 0 spiro atoms. The highest BCUT2D eigenvalue weighted by Crippen LogP contribution is 2.41. The monoisotopic (exact) mass is 346 g/mol. The average Bonchev–Trinajstić information content (AvgIpc) is 2.45. The second-order valence-electron chi connectivity index (χ2n) is 8.22. The number of halogens is 2. The van der Waals surface area contributed by atoms with Gasteiger partial charge in [0, 0.05) is 11.1 Å². The Bertz CT molecular complexity index is 715. The molecule has 1 aliphatic carbocycles. The SMILES string of the molecule is CC(C)(C)C1=CC(=C(Cl)c2ccc(F)cc2)C=C(C(C)(C)C)C1=O. The predicted molar refractivity (Wildman–Crippen MR) is 99.3 cm³/mol. The summed E-state index contributed by atoms with van der Waals surface area (Å²) in [5.74, 6) is -0.230. The summed E-state index contributed by atoms with van der Waals surface area (Å²) in [6.45, 7) is 12.1. The van der Waals surface area contributed by atoms with E-state index in [-0.39, 0.29) is 22.4 Å². The van der Waals surface area contributed by atoms with Gasteiger partial charge in [-0.25, -0.2) is 4.39 Å². The molecule has 1 nitrogen and oxygen atoms in total. The number of benzene rings is 1. The van der Waals surface area contributed by atoms with E-state index in [0.717, 1.165) is 22.3 Å². The summed E-state index contributed by atoms with van der Waals surface area (Å²) >= 11 is 6.57. The second-order valence-corrected chi connectivity index (χ2v) is 8.60. The van der Waals surface area contributed by atoms with Crippen LogP contribution in [0.5, 0.6) is 0 Å². The number of carbonyl (C=O) groups excluding carboxylic acids is 1.